The number of carbonyl (C=O) groups is 1. The molecular formula is C21H23N3O2. The third-order valence-corrected chi connectivity index (χ3v) is 4.79. The quantitative estimate of drug-likeness (QED) is 0.710. The average Bonchev–Trinajstić information content (AvgIpc) is 2.95. The maximum absolute atomic E-state index is 12.9. The molecule has 0 spiro atoms. The fourth-order valence-corrected chi connectivity index (χ4v) is 3.76. The van der Waals surface area contributed by atoms with Gasteiger partial charge in [0.1, 0.15) is 5.82 Å². The summed E-state index contributed by atoms with van der Waals surface area (Å²) in [5, 5.41) is 0. The van der Waals surface area contributed by atoms with Gasteiger partial charge in [0.15, 0.2) is 0 Å². The van der Waals surface area contributed by atoms with Crippen molar-refractivity contribution in [3.05, 3.63) is 59.9 Å². The van der Waals surface area contributed by atoms with Gasteiger partial charge in [-0.25, -0.2) is 4.98 Å². The summed E-state index contributed by atoms with van der Waals surface area (Å²) in [4.78, 5) is 19.5. The monoisotopic (exact) mass is 349 g/mol. The fourth-order valence-electron chi connectivity index (χ4n) is 3.76. The molecule has 1 aliphatic rings. The van der Waals surface area contributed by atoms with E-state index in [1.54, 1.807) is 0 Å². The predicted octanol–water partition coefficient (Wildman–Crippen LogP) is 3.58. The van der Waals surface area contributed by atoms with E-state index < -0.39 is 0 Å². The third kappa shape index (κ3) is 2.99. The zero-order valence-corrected chi connectivity index (χ0v) is 15.3. The number of carbonyl (C=O) groups excluding carboxylic acids is 1. The SMILES string of the molecule is Cc1nc2cc(C(=O)N3C[C@H](C)O[C@@H](C)C3)ccc2n1-c1ccccc1. The van der Waals surface area contributed by atoms with Crippen molar-refractivity contribution in [2.75, 3.05) is 13.1 Å². The van der Waals surface area contributed by atoms with Gasteiger partial charge in [0.2, 0.25) is 0 Å². The second-order valence-electron chi connectivity index (χ2n) is 7.00. The molecule has 134 valence electrons. The van der Waals surface area contributed by atoms with Crippen LogP contribution in [0, 0.1) is 6.92 Å². The van der Waals surface area contributed by atoms with Crippen LogP contribution in [0.2, 0.25) is 0 Å². The van der Waals surface area contributed by atoms with Crippen molar-refractivity contribution in [3.8, 4) is 5.69 Å². The van der Waals surface area contributed by atoms with E-state index in [4.69, 9.17) is 4.74 Å². The lowest BCUT2D eigenvalue weighted by Crippen LogP contribution is -2.48. The summed E-state index contributed by atoms with van der Waals surface area (Å²) in [6.45, 7) is 7.24. The summed E-state index contributed by atoms with van der Waals surface area (Å²) in [7, 11) is 0. The highest BCUT2D eigenvalue weighted by Crippen LogP contribution is 2.23. The highest BCUT2D eigenvalue weighted by Gasteiger charge is 2.27. The lowest BCUT2D eigenvalue weighted by atomic mass is 10.1. The summed E-state index contributed by atoms with van der Waals surface area (Å²) in [5.41, 5.74) is 3.60. The van der Waals surface area contributed by atoms with Crippen LogP contribution in [0.15, 0.2) is 48.5 Å². The molecule has 2 atom stereocenters. The maximum Gasteiger partial charge on any atom is 0.254 e. The number of rotatable bonds is 2. The number of benzene rings is 2. The molecule has 1 fully saturated rings. The lowest BCUT2D eigenvalue weighted by Gasteiger charge is -2.35. The molecule has 5 nitrogen and oxygen atoms in total. The summed E-state index contributed by atoms with van der Waals surface area (Å²) < 4.78 is 7.84. The molecule has 3 aromatic rings. The van der Waals surface area contributed by atoms with Crippen LogP contribution in [-0.4, -0.2) is 45.7 Å². The molecule has 0 unspecified atom stereocenters. The molecule has 1 saturated heterocycles. The molecule has 1 aliphatic heterocycles. The van der Waals surface area contributed by atoms with Crippen LogP contribution in [0.1, 0.15) is 30.0 Å². The van der Waals surface area contributed by atoms with Crippen molar-refractivity contribution in [2.45, 2.75) is 33.0 Å². The molecule has 5 heteroatoms. The van der Waals surface area contributed by atoms with Gasteiger partial charge in [-0.3, -0.25) is 9.36 Å². The summed E-state index contributed by atoms with van der Waals surface area (Å²) >= 11 is 0. The number of para-hydroxylation sites is 1. The minimum atomic E-state index is 0.0424. The molecule has 0 bridgehead atoms. The second-order valence-corrected chi connectivity index (χ2v) is 7.00. The Bertz CT molecular complexity index is 939. The van der Waals surface area contributed by atoms with Gasteiger partial charge in [-0.2, -0.15) is 0 Å². The topological polar surface area (TPSA) is 47.4 Å². The molecule has 0 N–H and O–H groups in total. The molecule has 1 amide bonds. The Labute approximate surface area is 153 Å². The van der Waals surface area contributed by atoms with E-state index in [-0.39, 0.29) is 18.1 Å². The van der Waals surface area contributed by atoms with Crippen LogP contribution in [-0.2, 0) is 4.74 Å². The van der Waals surface area contributed by atoms with Crippen molar-refractivity contribution < 1.29 is 9.53 Å². The van der Waals surface area contributed by atoms with Gasteiger partial charge < -0.3 is 9.64 Å². The van der Waals surface area contributed by atoms with Gasteiger partial charge in [-0.05, 0) is 51.1 Å². The molecule has 1 aromatic heterocycles. The number of aryl methyl sites for hydroxylation is 1. The summed E-state index contributed by atoms with van der Waals surface area (Å²) in [6.07, 6.45) is 0.122. The zero-order chi connectivity index (χ0) is 18.3. The fraction of sp³-hybridized carbons (Fsp3) is 0.333. The van der Waals surface area contributed by atoms with E-state index >= 15 is 0 Å². The standard InChI is InChI=1S/C21H23N3O2/c1-14-12-23(13-15(2)26-14)21(25)17-9-10-20-19(11-17)22-16(3)24(20)18-7-5-4-6-8-18/h4-11,14-15H,12-13H2,1-3H3/t14-,15-/m0/s1. The van der Waals surface area contributed by atoms with Gasteiger partial charge in [0.25, 0.3) is 5.91 Å². The van der Waals surface area contributed by atoms with Gasteiger partial charge in [0, 0.05) is 24.3 Å². The van der Waals surface area contributed by atoms with Crippen molar-refractivity contribution >= 4 is 16.9 Å². The zero-order valence-electron chi connectivity index (χ0n) is 15.3. The van der Waals surface area contributed by atoms with Crippen molar-refractivity contribution in [3.63, 3.8) is 0 Å². The summed E-state index contributed by atoms with van der Waals surface area (Å²) in [5.74, 6) is 0.949. The first-order valence-corrected chi connectivity index (χ1v) is 9.02. The molecule has 0 aliphatic carbocycles. The molecule has 4 rings (SSSR count). The second kappa shape index (κ2) is 6.57. The van der Waals surface area contributed by atoms with Gasteiger partial charge in [0.05, 0.1) is 23.2 Å². The minimum absolute atomic E-state index is 0.0424. The van der Waals surface area contributed by atoms with Crippen LogP contribution < -0.4 is 0 Å². The van der Waals surface area contributed by atoms with Gasteiger partial charge in [-0.15, -0.1) is 0 Å². The number of morpholine rings is 1. The molecule has 2 heterocycles. The number of ether oxygens (including phenoxy) is 1. The Morgan fingerprint density at radius 3 is 2.46 bits per heavy atom. The average molecular weight is 349 g/mol. The first-order chi connectivity index (χ1) is 12.5. The first-order valence-electron chi connectivity index (χ1n) is 9.02. The Hall–Kier alpha value is -2.66. The highest BCUT2D eigenvalue weighted by molar-refractivity contribution is 5.97. The van der Waals surface area contributed by atoms with Crippen molar-refractivity contribution in [1.82, 2.24) is 14.5 Å². The maximum atomic E-state index is 12.9. The largest absolute Gasteiger partial charge is 0.372 e. The van der Waals surface area contributed by atoms with Crippen LogP contribution in [0.3, 0.4) is 0 Å². The number of hydrogen-bond donors (Lipinski definition) is 0. The van der Waals surface area contributed by atoms with Crippen LogP contribution >= 0.6 is 0 Å². The van der Waals surface area contributed by atoms with Gasteiger partial charge >= 0.3 is 0 Å². The van der Waals surface area contributed by atoms with Gasteiger partial charge in [-0.1, -0.05) is 18.2 Å². The molecular weight excluding hydrogens is 326 g/mol. The van der Waals surface area contributed by atoms with Crippen LogP contribution in [0.5, 0.6) is 0 Å². The van der Waals surface area contributed by atoms with E-state index in [1.165, 1.54) is 0 Å². The first kappa shape index (κ1) is 16.8. The number of aromatic nitrogens is 2. The van der Waals surface area contributed by atoms with E-state index in [2.05, 4.69) is 21.7 Å². The number of nitrogens with zero attached hydrogens (tertiary/aromatic N) is 3. The molecule has 0 saturated carbocycles. The Kier molecular flexibility index (Phi) is 4.24. The lowest BCUT2D eigenvalue weighted by molar-refractivity contribution is -0.0586. The third-order valence-electron chi connectivity index (χ3n) is 4.79. The Balaban J connectivity index is 1.70. The number of amides is 1. The number of hydrogen-bond acceptors (Lipinski definition) is 3. The smallest absolute Gasteiger partial charge is 0.254 e. The van der Waals surface area contributed by atoms with E-state index in [9.17, 15) is 4.79 Å². The molecule has 26 heavy (non-hydrogen) atoms. The minimum Gasteiger partial charge on any atom is -0.372 e. The van der Waals surface area contributed by atoms with Crippen molar-refractivity contribution in [2.24, 2.45) is 0 Å². The summed E-state index contributed by atoms with van der Waals surface area (Å²) in [6, 6.07) is 15.9. The van der Waals surface area contributed by atoms with E-state index in [1.807, 2.05) is 62.1 Å². The predicted molar refractivity (Wildman–Crippen MR) is 102 cm³/mol. The Morgan fingerprint density at radius 2 is 1.77 bits per heavy atom. The van der Waals surface area contributed by atoms with E-state index in [0.29, 0.717) is 18.7 Å². The highest BCUT2D eigenvalue weighted by atomic mass is 16.5. The van der Waals surface area contributed by atoms with Crippen LogP contribution in [0.25, 0.3) is 16.7 Å². The van der Waals surface area contributed by atoms with E-state index in [0.717, 1.165) is 22.5 Å². The van der Waals surface area contributed by atoms with Crippen LogP contribution in [0.4, 0.5) is 0 Å². The molecule has 0 radical (unpaired) electrons. The van der Waals surface area contributed by atoms with Crippen molar-refractivity contribution in [1.29, 1.82) is 0 Å². The normalized spacial score (nSPS) is 20.5. The molecule has 2 aromatic carbocycles. The number of imidazole rings is 1. The Morgan fingerprint density at radius 1 is 1.08 bits per heavy atom. The number of fused-ring (bicyclic) bond motifs is 1.